The number of sulfonamides is 1. The number of hydrogen-bond donors (Lipinski definition) is 1. The number of rotatable bonds is 4. The zero-order valence-electron chi connectivity index (χ0n) is 15.2. The molecular weight excluding hydrogens is 384 g/mol. The van der Waals surface area contributed by atoms with Gasteiger partial charge in [0.15, 0.2) is 0 Å². The highest BCUT2D eigenvalue weighted by molar-refractivity contribution is 7.89. The van der Waals surface area contributed by atoms with E-state index < -0.39 is 10.0 Å². The molecule has 0 aliphatic carbocycles. The van der Waals surface area contributed by atoms with Crippen LogP contribution < -0.4 is 5.32 Å². The summed E-state index contributed by atoms with van der Waals surface area (Å²) in [6.07, 6.45) is 3.92. The molecular formula is C20H23ClN2O3S. The van der Waals surface area contributed by atoms with Gasteiger partial charge in [-0.1, -0.05) is 30.5 Å². The third kappa shape index (κ3) is 4.69. The van der Waals surface area contributed by atoms with Crippen LogP contribution in [-0.4, -0.2) is 31.7 Å². The fourth-order valence-corrected chi connectivity index (χ4v) is 4.98. The van der Waals surface area contributed by atoms with E-state index in [1.165, 1.54) is 12.1 Å². The van der Waals surface area contributed by atoms with E-state index in [0.29, 0.717) is 29.4 Å². The molecule has 2 aromatic rings. The molecule has 1 aliphatic rings. The minimum atomic E-state index is -3.49. The fourth-order valence-electron chi connectivity index (χ4n) is 3.14. The summed E-state index contributed by atoms with van der Waals surface area (Å²) in [6, 6.07) is 11.5. The minimum Gasteiger partial charge on any atom is -0.322 e. The number of aryl methyl sites for hydroxylation is 1. The highest BCUT2D eigenvalue weighted by Gasteiger charge is 2.25. The van der Waals surface area contributed by atoms with Gasteiger partial charge < -0.3 is 5.32 Å². The lowest BCUT2D eigenvalue weighted by Gasteiger charge is -2.20. The predicted octanol–water partition coefficient (Wildman–Crippen LogP) is 4.47. The van der Waals surface area contributed by atoms with Gasteiger partial charge in [-0.15, -0.1) is 0 Å². The predicted molar refractivity (Wildman–Crippen MR) is 108 cm³/mol. The van der Waals surface area contributed by atoms with E-state index in [2.05, 4.69) is 5.32 Å². The first kappa shape index (κ1) is 19.9. The second kappa shape index (κ2) is 8.42. The van der Waals surface area contributed by atoms with E-state index in [-0.39, 0.29) is 10.8 Å². The Balaban J connectivity index is 1.74. The van der Waals surface area contributed by atoms with Crippen molar-refractivity contribution in [3.05, 3.63) is 58.6 Å². The normalized spacial score (nSPS) is 15.9. The number of carbonyl (C=O) groups excluding carboxylic acids is 1. The first-order chi connectivity index (χ1) is 12.9. The molecule has 0 atom stereocenters. The monoisotopic (exact) mass is 406 g/mol. The third-order valence-corrected chi connectivity index (χ3v) is 6.91. The Labute approximate surface area is 165 Å². The van der Waals surface area contributed by atoms with Gasteiger partial charge in [0.1, 0.15) is 0 Å². The molecule has 144 valence electrons. The van der Waals surface area contributed by atoms with Crippen LogP contribution in [-0.2, 0) is 10.0 Å². The number of halogens is 1. The van der Waals surface area contributed by atoms with Crippen LogP contribution in [0.25, 0.3) is 0 Å². The summed E-state index contributed by atoms with van der Waals surface area (Å²) in [5, 5.41) is 3.14. The molecule has 0 radical (unpaired) electrons. The summed E-state index contributed by atoms with van der Waals surface area (Å²) in [6.45, 7) is 3.02. The number of benzene rings is 2. The highest BCUT2D eigenvalue weighted by atomic mass is 35.5. The van der Waals surface area contributed by atoms with Crippen LogP contribution in [0.4, 0.5) is 5.69 Å². The van der Waals surface area contributed by atoms with Gasteiger partial charge >= 0.3 is 0 Å². The van der Waals surface area contributed by atoms with Crippen LogP contribution >= 0.6 is 11.6 Å². The summed E-state index contributed by atoms with van der Waals surface area (Å²) >= 11 is 6.13. The van der Waals surface area contributed by atoms with Crippen molar-refractivity contribution in [3.63, 3.8) is 0 Å². The topological polar surface area (TPSA) is 66.5 Å². The third-order valence-electron chi connectivity index (χ3n) is 4.68. The molecule has 1 amide bonds. The van der Waals surface area contributed by atoms with E-state index in [1.54, 1.807) is 28.6 Å². The van der Waals surface area contributed by atoms with Crippen LogP contribution in [0.5, 0.6) is 0 Å². The van der Waals surface area contributed by atoms with Crippen molar-refractivity contribution in [3.8, 4) is 0 Å². The number of carbonyl (C=O) groups is 1. The van der Waals surface area contributed by atoms with E-state index in [4.69, 9.17) is 11.6 Å². The highest BCUT2D eigenvalue weighted by Crippen LogP contribution is 2.23. The van der Waals surface area contributed by atoms with Crippen molar-refractivity contribution >= 4 is 33.2 Å². The number of nitrogens with zero attached hydrogens (tertiary/aromatic N) is 1. The molecule has 1 saturated heterocycles. The summed E-state index contributed by atoms with van der Waals surface area (Å²) in [4.78, 5) is 12.6. The van der Waals surface area contributed by atoms with Crippen LogP contribution in [0, 0.1) is 6.92 Å². The zero-order valence-corrected chi connectivity index (χ0v) is 16.8. The van der Waals surface area contributed by atoms with Gasteiger partial charge in [0.2, 0.25) is 10.0 Å². The van der Waals surface area contributed by atoms with Crippen molar-refractivity contribution in [2.45, 2.75) is 37.5 Å². The molecule has 1 heterocycles. The fraction of sp³-hybridized carbons (Fsp3) is 0.350. The van der Waals surface area contributed by atoms with Gasteiger partial charge in [0.25, 0.3) is 5.91 Å². The van der Waals surface area contributed by atoms with E-state index in [1.807, 2.05) is 13.0 Å². The molecule has 5 nitrogen and oxygen atoms in total. The number of hydrogen-bond acceptors (Lipinski definition) is 3. The van der Waals surface area contributed by atoms with Crippen LogP contribution in [0.3, 0.4) is 0 Å². The average Bonchev–Trinajstić information content (AvgIpc) is 2.92. The van der Waals surface area contributed by atoms with Crippen molar-refractivity contribution < 1.29 is 13.2 Å². The smallest absolute Gasteiger partial charge is 0.257 e. The molecule has 0 spiro atoms. The second-order valence-corrected chi connectivity index (χ2v) is 9.13. The Hall–Kier alpha value is -1.89. The Kier molecular flexibility index (Phi) is 6.19. The average molecular weight is 407 g/mol. The lowest BCUT2D eigenvalue weighted by molar-refractivity contribution is 0.102. The Bertz CT molecular complexity index is 919. The standard InChI is InChI=1S/C20H23ClN2O3S/c1-15-6-11-18(19(21)14-15)20(24)22-16-7-9-17(10-8-16)27(25,26)23-12-4-2-3-5-13-23/h6-11,14H,2-5,12-13H2,1H3,(H,22,24). The molecule has 1 N–H and O–H groups in total. The molecule has 0 saturated carbocycles. The number of amides is 1. The van der Waals surface area contributed by atoms with Gasteiger partial charge in [-0.05, 0) is 61.7 Å². The van der Waals surface area contributed by atoms with E-state index >= 15 is 0 Å². The number of anilines is 1. The molecule has 0 aromatic heterocycles. The molecule has 27 heavy (non-hydrogen) atoms. The summed E-state index contributed by atoms with van der Waals surface area (Å²) in [7, 11) is -3.49. The van der Waals surface area contributed by atoms with Crippen molar-refractivity contribution in [1.82, 2.24) is 4.31 Å². The van der Waals surface area contributed by atoms with Crippen molar-refractivity contribution in [1.29, 1.82) is 0 Å². The summed E-state index contributed by atoms with van der Waals surface area (Å²) in [5.41, 5.74) is 1.87. The van der Waals surface area contributed by atoms with Crippen molar-refractivity contribution in [2.24, 2.45) is 0 Å². The molecule has 0 unspecified atom stereocenters. The first-order valence-corrected chi connectivity index (χ1v) is 10.9. The molecule has 7 heteroatoms. The minimum absolute atomic E-state index is 0.246. The molecule has 1 aliphatic heterocycles. The lowest BCUT2D eigenvalue weighted by atomic mass is 10.1. The van der Waals surface area contributed by atoms with Crippen molar-refractivity contribution in [2.75, 3.05) is 18.4 Å². The van der Waals surface area contributed by atoms with Gasteiger partial charge in [0, 0.05) is 18.8 Å². The van der Waals surface area contributed by atoms with Gasteiger partial charge in [-0.3, -0.25) is 4.79 Å². The molecule has 1 fully saturated rings. The quantitative estimate of drug-likeness (QED) is 0.814. The Morgan fingerprint density at radius 2 is 1.63 bits per heavy atom. The van der Waals surface area contributed by atoms with Gasteiger partial charge in [-0.2, -0.15) is 4.31 Å². The molecule has 2 aromatic carbocycles. The van der Waals surface area contributed by atoms with Gasteiger partial charge in [0.05, 0.1) is 15.5 Å². The summed E-state index contributed by atoms with van der Waals surface area (Å²) in [5.74, 6) is -0.330. The maximum absolute atomic E-state index is 12.8. The second-order valence-electron chi connectivity index (χ2n) is 6.78. The largest absolute Gasteiger partial charge is 0.322 e. The summed E-state index contributed by atoms with van der Waals surface area (Å²) < 4.78 is 27.1. The maximum atomic E-state index is 12.8. The zero-order chi connectivity index (χ0) is 19.4. The Morgan fingerprint density at radius 1 is 1.00 bits per heavy atom. The first-order valence-electron chi connectivity index (χ1n) is 9.05. The van der Waals surface area contributed by atoms with Crippen LogP contribution in [0.15, 0.2) is 47.4 Å². The van der Waals surface area contributed by atoms with Crippen LogP contribution in [0.1, 0.15) is 41.6 Å². The van der Waals surface area contributed by atoms with E-state index in [0.717, 1.165) is 31.2 Å². The van der Waals surface area contributed by atoms with Crippen LogP contribution in [0.2, 0.25) is 5.02 Å². The van der Waals surface area contributed by atoms with Gasteiger partial charge in [-0.25, -0.2) is 8.42 Å². The molecule has 3 rings (SSSR count). The SMILES string of the molecule is Cc1ccc(C(=O)Nc2ccc(S(=O)(=O)N3CCCCCC3)cc2)c(Cl)c1. The lowest BCUT2D eigenvalue weighted by Crippen LogP contribution is -2.31. The molecule has 0 bridgehead atoms. The Morgan fingerprint density at radius 3 is 2.22 bits per heavy atom. The maximum Gasteiger partial charge on any atom is 0.257 e. The number of nitrogens with one attached hydrogen (secondary N) is 1. The van der Waals surface area contributed by atoms with E-state index in [9.17, 15) is 13.2 Å².